The van der Waals surface area contributed by atoms with Gasteiger partial charge in [-0.1, -0.05) is 38.6 Å². The lowest BCUT2D eigenvalue weighted by molar-refractivity contribution is -0.139. The lowest BCUT2D eigenvalue weighted by atomic mass is 10.3. The predicted molar refractivity (Wildman–Crippen MR) is 63.1 cm³/mol. The first-order valence-corrected chi connectivity index (χ1v) is 8.41. The van der Waals surface area contributed by atoms with Crippen LogP contribution in [0.2, 0.25) is 13.1 Å². The van der Waals surface area contributed by atoms with Crippen LogP contribution < -0.4 is 0 Å². The van der Waals surface area contributed by atoms with Crippen LogP contribution in [-0.2, 0) is 9.53 Å². The van der Waals surface area contributed by atoms with Gasteiger partial charge in [0.15, 0.2) is 0 Å². The summed E-state index contributed by atoms with van der Waals surface area (Å²) in [5.74, 6) is -0.137. The van der Waals surface area contributed by atoms with Crippen LogP contribution in [0.25, 0.3) is 0 Å². The van der Waals surface area contributed by atoms with Gasteiger partial charge in [-0.2, -0.15) is 0 Å². The molecular weight excluding hydrogens is 192 g/mol. The first-order valence-electron chi connectivity index (χ1n) is 5.43. The van der Waals surface area contributed by atoms with E-state index in [-0.39, 0.29) is 5.97 Å². The fourth-order valence-electron chi connectivity index (χ4n) is 1.20. The van der Waals surface area contributed by atoms with Gasteiger partial charge in [0.25, 0.3) is 0 Å². The molecule has 0 aliphatic rings. The minimum absolute atomic E-state index is 0.137. The Bertz CT molecular complexity index is 197. The van der Waals surface area contributed by atoms with Gasteiger partial charge in [0.05, 0.1) is 15.4 Å². The van der Waals surface area contributed by atoms with E-state index in [9.17, 15) is 4.79 Å². The van der Waals surface area contributed by atoms with Gasteiger partial charge in [-0.15, -0.1) is 0 Å². The molecule has 0 aliphatic carbocycles. The highest BCUT2D eigenvalue weighted by molar-refractivity contribution is 6.61. The second kappa shape index (κ2) is 7.80. The quantitative estimate of drug-likeness (QED) is 0.294. The largest absolute Gasteiger partial charge is 0.462 e. The van der Waals surface area contributed by atoms with Crippen molar-refractivity contribution in [2.24, 2.45) is 0 Å². The molecule has 0 bridgehead atoms. The molecule has 82 valence electrons. The molecule has 0 aliphatic heterocycles. The van der Waals surface area contributed by atoms with Crippen LogP contribution in [0, 0.1) is 0 Å². The van der Waals surface area contributed by atoms with Crippen molar-refractivity contribution < 1.29 is 9.53 Å². The predicted octanol–water partition coefficient (Wildman–Crippen LogP) is 2.69. The van der Waals surface area contributed by atoms with E-state index in [0.29, 0.717) is 6.61 Å². The third-order valence-corrected chi connectivity index (χ3v) is 3.05. The van der Waals surface area contributed by atoms with Crippen LogP contribution in [0.4, 0.5) is 0 Å². The summed E-state index contributed by atoms with van der Waals surface area (Å²) in [7, 11) is -0.795. The van der Waals surface area contributed by atoms with Crippen LogP contribution in [0.5, 0.6) is 0 Å². The molecule has 0 unspecified atom stereocenters. The number of esters is 1. The normalized spacial score (nSPS) is 11.9. The van der Waals surface area contributed by atoms with Crippen LogP contribution in [-0.4, -0.2) is 21.4 Å². The number of rotatable bonds is 6. The lowest BCUT2D eigenvalue weighted by Gasteiger charge is -2.04. The molecule has 2 nitrogen and oxygen atoms in total. The smallest absolute Gasteiger partial charge is 0.332 e. The first kappa shape index (κ1) is 13.4. The van der Waals surface area contributed by atoms with Crippen molar-refractivity contribution in [2.75, 3.05) is 6.61 Å². The highest BCUT2D eigenvalue weighted by Crippen LogP contribution is 2.01. The Morgan fingerprint density at radius 1 is 1.36 bits per heavy atom. The average Bonchev–Trinajstić information content (AvgIpc) is 2.11. The summed E-state index contributed by atoms with van der Waals surface area (Å²) in [5.41, 5.74) is 2.85. The fourth-order valence-corrected chi connectivity index (χ4v) is 2.33. The Labute approximate surface area is 89.0 Å². The Hall–Kier alpha value is -0.573. The zero-order valence-corrected chi connectivity index (χ0v) is 11.0. The second-order valence-electron chi connectivity index (χ2n) is 3.94. The fraction of sp³-hybridized carbons (Fsp3) is 0.727. The first-order chi connectivity index (χ1) is 6.57. The summed E-state index contributed by atoms with van der Waals surface area (Å²) < 4.78 is 5.12. The summed E-state index contributed by atoms with van der Waals surface area (Å²) in [6.45, 7) is 8.92. The zero-order chi connectivity index (χ0) is 11.0. The van der Waals surface area contributed by atoms with E-state index in [1.165, 1.54) is 0 Å². The molecular formula is C11H22O2Si. The SMILES string of the molecule is CCCCCOC(=O)C(C)=C[SiH](C)C. The molecule has 0 saturated carbocycles. The molecule has 0 heterocycles. The van der Waals surface area contributed by atoms with Gasteiger partial charge >= 0.3 is 5.97 Å². The summed E-state index contributed by atoms with van der Waals surface area (Å²) >= 11 is 0. The Morgan fingerprint density at radius 2 is 2.00 bits per heavy atom. The zero-order valence-electron chi connectivity index (χ0n) is 9.80. The van der Waals surface area contributed by atoms with Gasteiger partial charge in [0.2, 0.25) is 0 Å². The van der Waals surface area contributed by atoms with Crippen molar-refractivity contribution in [1.82, 2.24) is 0 Å². The van der Waals surface area contributed by atoms with Gasteiger partial charge in [0, 0.05) is 5.57 Å². The van der Waals surface area contributed by atoms with Gasteiger partial charge in [-0.3, -0.25) is 0 Å². The third-order valence-electron chi connectivity index (χ3n) is 1.89. The number of ether oxygens (including phenoxy) is 1. The van der Waals surface area contributed by atoms with Gasteiger partial charge < -0.3 is 4.74 Å². The molecule has 0 aromatic carbocycles. The van der Waals surface area contributed by atoms with Crippen molar-refractivity contribution in [3.05, 3.63) is 11.3 Å². The second-order valence-corrected chi connectivity index (χ2v) is 6.76. The van der Waals surface area contributed by atoms with Crippen LogP contribution in [0.3, 0.4) is 0 Å². The number of unbranched alkanes of at least 4 members (excludes halogenated alkanes) is 2. The Morgan fingerprint density at radius 3 is 2.50 bits per heavy atom. The molecule has 0 aromatic rings. The van der Waals surface area contributed by atoms with Crippen LogP contribution >= 0.6 is 0 Å². The molecule has 0 saturated heterocycles. The molecule has 0 amide bonds. The molecule has 0 spiro atoms. The standard InChI is InChI=1S/C11H22O2Si/c1-5-6-7-8-13-11(12)10(2)9-14(3)4/h9,14H,5-8H2,1-4H3. The lowest BCUT2D eigenvalue weighted by Crippen LogP contribution is -2.09. The molecule has 3 heteroatoms. The molecule has 0 rings (SSSR count). The van der Waals surface area contributed by atoms with Gasteiger partial charge in [0.1, 0.15) is 0 Å². The van der Waals surface area contributed by atoms with Crippen molar-refractivity contribution in [3.63, 3.8) is 0 Å². The van der Waals surface area contributed by atoms with E-state index >= 15 is 0 Å². The monoisotopic (exact) mass is 214 g/mol. The summed E-state index contributed by atoms with van der Waals surface area (Å²) in [6.07, 6.45) is 3.27. The number of carbonyl (C=O) groups excluding carboxylic acids is 1. The Balaban J connectivity index is 3.73. The van der Waals surface area contributed by atoms with Gasteiger partial charge in [-0.25, -0.2) is 4.79 Å². The van der Waals surface area contributed by atoms with E-state index in [1.54, 1.807) is 0 Å². The van der Waals surface area contributed by atoms with Crippen LogP contribution in [0.1, 0.15) is 33.1 Å². The van der Waals surface area contributed by atoms with Crippen LogP contribution in [0.15, 0.2) is 11.3 Å². The van der Waals surface area contributed by atoms with E-state index in [1.807, 2.05) is 6.92 Å². The number of carbonyl (C=O) groups is 1. The maximum Gasteiger partial charge on any atom is 0.332 e. The van der Waals surface area contributed by atoms with Gasteiger partial charge in [-0.05, 0) is 13.3 Å². The molecule has 14 heavy (non-hydrogen) atoms. The summed E-state index contributed by atoms with van der Waals surface area (Å²) in [4.78, 5) is 11.4. The van der Waals surface area contributed by atoms with Crippen molar-refractivity contribution in [2.45, 2.75) is 46.2 Å². The minimum atomic E-state index is -0.795. The molecule has 0 N–H and O–H groups in total. The summed E-state index contributed by atoms with van der Waals surface area (Å²) in [5, 5.41) is 0. The van der Waals surface area contributed by atoms with Crippen molar-refractivity contribution in [1.29, 1.82) is 0 Å². The third kappa shape index (κ3) is 6.89. The maximum atomic E-state index is 11.4. The van der Waals surface area contributed by atoms with E-state index in [4.69, 9.17) is 4.74 Å². The Kier molecular flexibility index (Phi) is 7.48. The van der Waals surface area contributed by atoms with Crippen molar-refractivity contribution >= 4 is 14.8 Å². The average molecular weight is 214 g/mol. The maximum absolute atomic E-state index is 11.4. The topological polar surface area (TPSA) is 26.3 Å². The summed E-state index contributed by atoms with van der Waals surface area (Å²) in [6, 6.07) is 0. The minimum Gasteiger partial charge on any atom is -0.462 e. The molecule has 0 aromatic heterocycles. The van der Waals surface area contributed by atoms with Crippen molar-refractivity contribution in [3.8, 4) is 0 Å². The number of hydrogen-bond donors (Lipinski definition) is 0. The molecule has 0 radical (unpaired) electrons. The highest BCUT2D eigenvalue weighted by atomic mass is 28.3. The van der Waals surface area contributed by atoms with E-state index in [2.05, 4.69) is 25.7 Å². The van der Waals surface area contributed by atoms with E-state index in [0.717, 1.165) is 24.8 Å². The molecule has 0 fully saturated rings. The van der Waals surface area contributed by atoms with E-state index < -0.39 is 8.80 Å². The number of hydrogen-bond acceptors (Lipinski definition) is 2. The highest BCUT2D eigenvalue weighted by Gasteiger charge is 2.05. The molecule has 0 atom stereocenters.